The number of nitrogens with zero attached hydrogens (tertiary/aromatic N) is 2. The van der Waals surface area contributed by atoms with Crippen molar-refractivity contribution in [1.29, 1.82) is 0 Å². The van der Waals surface area contributed by atoms with Gasteiger partial charge in [-0.25, -0.2) is 4.98 Å². The highest BCUT2D eigenvalue weighted by Crippen LogP contribution is 2.18. The molecule has 1 aromatic carbocycles. The van der Waals surface area contributed by atoms with Gasteiger partial charge < -0.3 is 9.72 Å². The van der Waals surface area contributed by atoms with Gasteiger partial charge in [-0.15, -0.1) is 0 Å². The summed E-state index contributed by atoms with van der Waals surface area (Å²) >= 11 is 5.93. The van der Waals surface area contributed by atoms with Crippen LogP contribution in [-0.2, 0) is 15.5 Å². The van der Waals surface area contributed by atoms with E-state index in [-0.39, 0.29) is 0 Å². The molecule has 1 saturated heterocycles. The standard InChI is InChI=1S/C13H16ClN3O2S/c14-10-1-2-11-12(9-10)16-13(15-11)20(18)8-5-17-3-6-19-7-4-17/h1-2,9H,3-8H2,(H,15,16). The summed E-state index contributed by atoms with van der Waals surface area (Å²) in [5, 5.41) is 1.17. The van der Waals surface area contributed by atoms with E-state index >= 15 is 0 Å². The Morgan fingerprint density at radius 3 is 3.00 bits per heavy atom. The number of rotatable bonds is 4. The lowest BCUT2D eigenvalue weighted by Crippen LogP contribution is -2.38. The second-order valence-corrected chi connectivity index (χ2v) is 6.63. The Bertz CT molecular complexity index is 625. The van der Waals surface area contributed by atoms with Gasteiger partial charge in [-0.2, -0.15) is 0 Å². The molecule has 3 rings (SSSR count). The summed E-state index contributed by atoms with van der Waals surface area (Å²) in [6, 6.07) is 5.41. The molecule has 1 aliphatic heterocycles. The van der Waals surface area contributed by atoms with Gasteiger partial charge in [-0.3, -0.25) is 9.11 Å². The Morgan fingerprint density at radius 2 is 2.20 bits per heavy atom. The Hall–Kier alpha value is -0.950. The Morgan fingerprint density at radius 1 is 1.40 bits per heavy atom. The van der Waals surface area contributed by atoms with Crippen LogP contribution < -0.4 is 0 Å². The second-order valence-electron chi connectivity index (χ2n) is 4.71. The average molecular weight is 314 g/mol. The number of imidazole rings is 1. The van der Waals surface area contributed by atoms with Gasteiger partial charge in [0.05, 0.1) is 35.0 Å². The number of aromatic amines is 1. The lowest BCUT2D eigenvalue weighted by molar-refractivity contribution is 0.0409. The number of ether oxygens (including phenoxy) is 1. The third-order valence-electron chi connectivity index (χ3n) is 3.33. The zero-order valence-corrected chi connectivity index (χ0v) is 12.5. The molecule has 0 aliphatic carbocycles. The lowest BCUT2D eigenvalue weighted by atomic mass is 10.3. The van der Waals surface area contributed by atoms with E-state index in [0.29, 0.717) is 15.9 Å². The Balaban J connectivity index is 1.65. The highest BCUT2D eigenvalue weighted by atomic mass is 35.5. The number of aromatic nitrogens is 2. The van der Waals surface area contributed by atoms with Crippen LogP contribution in [0.15, 0.2) is 23.4 Å². The molecule has 1 N–H and O–H groups in total. The lowest BCUT2D eigenvalue weighted by Gasteiger charge is -2.25. The fraction of sp³-hybridized carbons (Fsp3) is 0.462. The molecule has 2 heterocycles. The quantitative estimate of drug-likeness (QED) is 0.932. The Labute approximate surface area is 124 Å². The minimum absolute atomic E-state index is 0.524. The van der Waals surface area contributed by atoms with E-state index in [4.69, 9.17) is 16.3 Å². The van der Waals surface area contributed by atoms with Gasteiger partial charge in [0.2, 0.25) is 0 Å². The third-order valence-corrected chi connectivity index (χ3v) is 4.75. The molecule has 1 fully saturated rings. The maximum Gasteiger partial charge on any atom is 0.197 e. The van der Waals surface area contributed by atoms with Crippen molar-refractivity contribution >= 4 is 33.4 Å². The predicted molar refractivity (Wildman–Crippen MR) is 79.6 cm³/mol. The van der Waals surface area contributed by atoms with Crippen molar-refractivity contribution in [3.63, 3.8) is 0 Å². The smallest absolute Gasteiger partial charge is 0.197 e. The maximum atomic E-state index is 12.3. The summed E-state index contributed by atoms with van der Waals surface area (Å²) in [5.41, 5.74) is 1.62. The van der Waals surface area contributed by atoms with E-state index in [2.05, 4.69) is 14.9 Å². The molecule has 0 amide bonds. The number of hydrogen-bond acceptors (Lipinski definition) is 4. The van der Waals surface area contributed by atoms with Crippen molar-refractivity contribution in [1.82, 2.24) is 14.9 Å². The van der Waals surface area contributed by atoms with Crippen LogP contribution in [0.2, 0.25) is 5.02 Å². The fourth-order valence-corrected chi connectivity index (χ4v) is 3.41. The first kappa shape index (κ1) is 14.0. The maximum absolute atomic E-state index is 12.3. The second kappa shape index (κ2) is 6.22. The van der Waals surface area contributed by atoms with Crippen molar-refractivity contribution in [2.45, 2.75) is 5.16 Å². The van der Waals surface area contributed by atoms with Gasteiger partial charge >= 0.3 is 0 Å². The van der Waals surface area contributed by atoms with Crippen LogP contribution in [0.4, 0.5) is 0 Å². The molecule has 0 radical (unpaired) electrons. The molecule has 7 heteroatoms. The van der Waals surface area contributed by atoms with Crippen molar-refractivity contribution in [3.05, 3.63) is 23.2 Å². The van der Waals surface area contributed by atoms with Crippen LogP contribution in [0.25, 0.3) is 11.0 Å². The molecule has 2 aromatic rings. The first-order valence-electron chi connectivity index (χ1n) is 6.56. The number of halogens is 1. The zero-order valence-electron chi connectivity index (χ0n) is 11.0. The van der Waals surface area contributed by atoms with Gasteiger partial charge in [-0.05, 0) is 18.2 Å². The molecule has 5 nitrogen and oxygen atoms in total. The van der Waals surface area contributed by atoms with Gasteiger partial charge in [0, 0.05) is 30.4 Å². The number of hydrogen-bond donors (Lipinski definition) is 1. The normalized spacial score (nSPS) is 18.4. The molecule has 0 saturated carbocycles. The summed E-state index contributed by atoms with van der Waals surface area (Å²) in [7, 11) is -1.12. The van der Waals surface area contributed by atoms with E-state index in [9.17, 15) is 4.21 Å². The molecule has 0 spiro atoms. The summed E-state index contributed by atoms with van der Waals surface area (Å²) in [6.45, 7) is 4.14. The van der Waals surface area contributed by atoms with Gasteiger partial charge in [-0.1, -0.05) is 11.6 Å². The van der Waals surface area contributed by atoms with Crippen LogP contribution in [0.3, 0.4) is 0 Å². The van der Waals surface area contributed by atoms with Crippen LogP contribution in [0.1, 0.15) is 0 Å². The minimum Gasteiger partial charge on any atom is -0.379 e. The zero-order chi connectivity index (χ0) is 13.9. The molecule has 1 aliphatic rings. The molecule has 1 atom stereocenters. The first-order chi connectivity index (χ1) is 9.72. The number of H-pyrrole nitrogens is 1. The monoisotopic (exact) mass is 313 g/mol. The highest BCUT2D eigenvalue weighted by molar-refractivity contribution is 7.84. The molecule has 0 bridgehead atoms. The van der Waals surface area contributed by atoms with E-state index in [1.54, 1.807) is 12.1 Å². The fourth-order valence-electron chi connectivity index (χ4n) is 2.20. The highest BCUT2D eigenvalue weighted by Gasteiger charge is 2.14. The van der Waals surface area contributed by atoms with E-state index in [1.165, 1.54) is 0 Å². The van der Waals surface area contributed by atoms with Gasteiger partial charge in [0.1, 0.15) is 0 Å². The van der Waals surface area contributed by atoms with Crippen molar-refractivity contribution in [2.75, 3.05) is 38.6 Å². The largest absolute Gasteiger partial charge is 0.379 e. The summed E-state index contributed by atoms with van der Waals surface area (Å²) in [5.74, 6) is 0.577. The van der Waals surface area contributed by atoms with Gasteiger partial charge in [0.25, 0.3) is 0 Å². The van der Waals surface area contributed by atoms with Crippen molar-refractivity contribution in [2.24, 2.45) is 0 Å². The number of morpholine rings is 1. The van der Waals surface area contributed by atoms with Crippen LogP contribution in [-0.4, -0.2) is 57.7 Å². The summed E-state index contributed by atoms with van der Waals surface area (Å²) < 4.78 is 17.6. The molecular weight excluding hydrogens is 298 g/mol. The molecular formula is C13H16ClN3O2S. The van der Waals surface area contributed by atoms with E-state index < -0.39 is 10.8 Å². The van der Waals surface area contributed by atoms with Gasteiger partial charge in [0.15, 0.2) is 5.16 Å². The van der Waals surface area contributed by atoms with Crippen molar-refractivity contribution in [3.8, 4) is 0 Å². The third kappa shape index (κ3) is 3.20. The van der Waals surface area contributed by atoms with Crippen LogP contribution in [0, 0.1) is 0 Å². The summed E-state index contributed by atoms with van der Waals surface area (Å²) in [6.07, 6.45) is 0. The van der Waals surface area contributed by atoms with E-state index in [1.807, 2.05) is 6.07 Å². The van der Waals surface area contributed by atoms with Crippen LogP contribution in [0.5, 0.6) is 0 Å². The van der Waals surface area contributed by atoms with Crippen LogP contribution >= 0.6 is 11.6 Å². The number of nitrogens with one attached hydrogen (secondary N) is 1. The Kier molecular flexibility index (Phi) is 4.35. The first-order valence-corrected chi connectivity index (χ1v) is 8.26. The minimum atomic E-state index is -1.12. The van der Waals surface area contributed by atoms with Crippen molar-refractivity contribution < 1.29 is 8.95 Å². The molecule has 108 valence electrons. The van der Waals surface area contributed by atoms with E-state index in [0.717, 1.165) is 43.9 Å². The topological polar surface area (TPSA) is 58.2 Å². The SMILES string of the molecule is O=S(CCN1CCOCC1)c1nc2ccc(Cl)cc2[nH]1. The predicted octanol–water partition coefficient (Wildman–Crippen LogP) is 1.66. The number of fused-ring (bicyclic) bond motifs is 1. The number of benzene rings is 1. The molecule has 20 heavy (non-hydrogen) atoms. The molecule has 1 aromatic heterocycles. The molecule has 1 unspecified atom stereocenters. The average Bonchev–Trinajstić information content (AvgIpc) is 2.89. The summed E-state index contributed by atoms with van der Waals surface area (Å²) in [4.78, 5) is 9.71.